The number of rotatable bonds is 6. The summed E-state index contributed by atoms with van der Waals surface area (Å²) in [6.45, 7) is 7.82. The Labute approximate surface area is 125 Å². The summed E-state index contributed by atoms with van der Waals surface area (Å²) in [6, 6.07) is 6.80. The molecule has 0 aliphatic heterocycles. The van der Waals surface area contributed by atoms with Crippen LogP contribution < -0.4 is 5.32 Å². The number of aromatic nitrogens is 1. The number of methoxy groups -OCH3 is 1. The van der Waals surface area contributed by atoms with E-state index in [1.807, 2.05) is 6.92 Å². The van der Waals surface area contributed by atoms with Crippen LogP contribution in [-0.2, 0) is 4.74 Å². The highest BCUT2D eigenvalue weighted by Crippen LogP contribution is 2.26. The summed E-state index contributed by atoms with van der Waals surface area (Å²) in [4.78, 5) is 4.64. The van der Waals surface area contributed by atoms with E-state index in [1.165, 1.54) is 16.7 Å². The lowest BCUT2D eigenvalue weighted by Gasteiger charge is -2.18. The molecule has 0 saturated heterocycles. The Morgan fingerprint density at radius 2 is 1.90 bits per heavy atom. The van der Waals surface area contributed by atoms with E-state index in [-0.39, 0.29) is 6.04 Å². The molecule has 1 aromatic carbocycles. The van der Waals surface area contributed by atoms with Crippen molar-refractivity contribution in [3.05, 3.63) is 51.0 Å². The van der Waals surface area contributed by atoms with E-state index < -0.39 is 0 Å². The zero-order valence-corrected chi connectivity index (χ0v) is 13.4. The van der Waals surface area contributed by atoms with Gasteiger partial charge in [-0.25, -0.2) is 4.98 Å². The molecule has 0 saturated carbocycles. The molecule has 0 spiro atoms. The van der Waals surface area contributed by atoms with Crippen LogP contribution in [0.15, 0.2) is 23.6 Å². The minimum absolute atomic E-state index is 0.141. The summed E-state index contributed by atoms with van der Waals surface area (Å²) in [5.41, 5.74) is 4.92. The van der Waals surface area contributed by atoms with Crippen LogP contribution in [0.2, 0.25) is 0 Å². The second-order valence-electron chi connectivity index (χ2n) is 5.13. The summed E-state index contributed by atoms with van der Waals surface area (Å²) in [5.74, 6) is 0. The average Bonchev–Trinajstić information content (AvgIpc) is 2.80. The molecule has 0 bridgehead atoms. The van der Waals surface area contributed by atoms with Crippen LogP contribution in [0.25, 0.3) is 0 Å². The Morgan fingerprint density at radius 1 is 1.20 bits per heavy atom. The van der Waals surface area contributed by atoms with Crippen molar-refractivity contribution in [1.82, 2.24) is 10.3 Å². The first-order valence-corrected chi connectivity index (χ1v) is 7.70. The molecule has 108 valence electrons. The van der Waals surface area contributed by atoms with Gasteiger partial charge in [-0.15, -0.1) is 11.3 Å². The van der Waals surface area contributed by atoms with Gasteiger partial charge in [-0.05, 0) is 26.3 Å². The molecule has 4 heteroatoms. The fourth-order valence-corrected chi connectivity index (χ4v) is 3.23. The molecule has 1 atom stereocenters. The molecule has 0 aliphatic carbocycles. The van der Waals surface area contributed by atoms with E-state index in [2.05, 4.69) is 47.7 Å². The van der Waals surface area contributed by atoms with Crippen molar-refractivity contribution in [2.75, 3.05) is 20.3 Å². The summed E-state index contributed by atoms with van der Waals surface area (Å²) >= 11 is 1.71. The first kappa shape index (κ1) is 15.2. The fourth-order valence-electron chi connectivity index (χ4n) is 2.33. The highest BCUT2D eigenvalue weighted by Gasteiger charge is 2.17. The van der Waals surface area contributed by atoms with Crippen molar-refractivity contribution in [3.63, 3.8) is 0 Å². The van der Waals surface area contributed by atoms with E-state index in [9.17, 15) is 0 Å². The van der Waals surface area contributed by atoms with Crippen molar-refractivity contribution in [2.45, 2.75) is 26.8 Å². The quantitative estimate of drug-likeness (QED) is 0.828. The van der Waals surface area contributed by atoms with Crippen LogP contribution in [0.4, 0.5) is 0 Å². The zero-order chi connectivity index (χ0) is 14.5. The van der Waals surface area contributed by atoms with Gasteiger partial charge >= 0.3 is 0 Å². The van der Waals surface area contributed by atoms with Crippen LogP contribution in [-0.4, -0.2) is 25.2 Å². The number of nitrogens with one attached hydrogen (secondary N) is 1. The first-order chi connectivity index (χ1) is 9.60. The molecule has 0 aliphatic rings. The number of benzene rings is 1. The minimum atomic E-state index is 0.141. The predicted molar refractivity (Wildman–Crippen MR) is 84.5 cm³/mol. The van der Waals surface area contributed by atoms with Gasteiger partial charge < -0.3 is 10.1 Å². The SMILES string of the molecule is COCCNC(c1cc(C)cc(C)c1)c1nc(C)cs1. The number of nitrogens with zero attached hydrogens (tertiary/aromatic N) is 1. The molecule has 1 aromatic heterocycles. The van der Waals surface area contributed by atoms with Crippen LogP contribution in [0.5, 0.6) is 0 Å². The largest absolute Gasteiger partial charge is 0.383 e. The van der Waals surface area contributed by atoms with Crippen molar-refractivity contribution < 1.29 is 4.74 Å². The number of hydrogen-bond acceptors (Lipinski definition) is 4. The third-order valence-corrected chi connectivity index (χ3v) is 4.14. The Morgan fingerprint density at radius 3 is 2.45 bits per heavy atom. The van der Waals surface area contributed by atoms with Crippen LogP contribution in [0.1, 0.15) is 33.4 Å². The molecule has 2 rings (SSSR count). The van der Waals surface area contributed by atoms with E-state index in [4.69, 9.17) is 4.74 Å². The second kappa shape index (κ2) is 6.97. The number of hydrogen-bond donors (Lipinski definition) is 1. The summed E-state index contributed by atoms with van der Waals surface area (Å²) in [7, 11) is 1.72. The summed E-state index contributed by atoms with van der Waals surface area (Å²) < 4.78 is 5.14. The topological polar surface area (TPSA) is 34.1 Å². The maximum Gasteiger partial charge on any atom is 0.114 e. The molecular weight excluding hydrogens is 268 g/mol. The standard InChI is InChI=1S/C16H22N2OS/c1-11-7-12(2)9-14(8-11)15(17-5-6-19-4)16-18-13(3)10-20-16/h7-10,15,17H,5-6H2,1-4H3. The molecule has 1 N–H and O–H groups in total. The van der Waals surface area contributed by atoms with E-state index in [0.717, 1.165) is 17.2 Å². The molecule has 0 amide bonds. The van der Waals surface area contributed by atoms with Gasteiger partial charge in [-0.1, -0.05) is 29.3 Å². The Balaban J connectivity index is 2.29. The zero-order valence-electron chi connectivity index (χ0n) is 12.6. The lowest BCUT2D eigenvalue weighted by molar-refractivity contribution is 0.197. The molecule has 2 aromatic rings. The predicted octanol–water partition coefficient (Wildman–Crippen LogP) is 3.39. The molecule has 1 unspecified atom stereocenters. The van der Waals surface area contributed by atoms with Crippen LogP contribution in [0.3, 0.4) is 0 Å². The van der Waals surface area contributed by atoms with Crippen molar-refractivity contribution >= 4 is 11.3 Å². The van der Waals surface area contributed by atoms with Gasteiger partial charge in [0.1, 0.15) is 5.01 Å². The summed E-state index contributed by atoms with van der Waals surface area (Å²) in [5, 5.41) is 6.76. The Kier molecular flexibility index (Phi) is 5.29. The molecule has 0 fully saturated rings. The number of aryl methyl sites for hydroxylation is 3. The fraction of sp³-hybridized carbons (Fsp3) is 0.438. The maximum absolute atomic E-state index is 5.14. The number of thiazole rings is 1. The van der Waals surface area contributed by atoms with Gasteiger partial charge in [0.15, 0.2) is 0 Å². The Bertz CT molecular complexity index is 545. The third-order valence-electron chi connectivity index (χ3n) is 3.12. The Hall–Kier alpha value is -1.23. The van der Waals surface area contributed by atoms with Gasteiger partial charge in [-0.3, -0.25) is 0 Å². The molecule has 20 heavy (non-hydrogen) atoms. The molecule has 1 heterocycles. The minimum Gasteiger partial charge on any atom is -0.383 e. The first-order valence-electron chi connectivity index (χ1n) is 6.82. The van der Waals surface area contributed by atoms with E-state index in [0.29, 0.717) is 6.61 Å². The monoisotopic (exact) mass is 290 g/mol. The van der Waals surface area contributed by atoms with E-state index >= 15 is 0 Å². The lowest BCUT2D eigenvalue weighted by atomic mass is 10.0. The third kappa shape index (κ3) is 3.88. The normalized spacial score (nSPS) is 12.6. The number of ether oxygens (including phenoxy) is 1. The van der Waals surface area contributed by atoms with Crippen LogP contribution >= 0.6 is 11.3 Å². The molecule has 0 radical (unpaired) electrons. The van der Waals surface area contributed by atoms with Crippen molar-refractivity contribution in [2.24, 2.45) is 0 Å². The highest BCUT2D eigenvalue weighted by molar-refractivity contribution is 7.09. The summed E-state index contributed by atoms with van der Waals surface area (Å²) in [6.07, 6.45) is 0. The van der Waals surface area contributed by atoms with Gasteiger partial charge in [-0.2, -0.15) is 0 Å². The van der Waals surface area contributed by atoms with Crippen LogP contribution in [0, 0.1) is 20.8 Å². The van der Waals surface area contributed by atoms with Gasteiger partial charge in [0.2, 0.25) is 0 Å². The molecular formula is C16H22N2OS. The lowest BCUT2D eigenvalue weighted by Crippen LogP contribution is -2.26. The molecule has 3 nitrogen and oxygen atoms in total. The maximum atomic E-state index is 5.14. The van der Waals surface area contributed by atoms with Crippen molar-refractivity contribution in [3.8, 4) is 0 Å². The van der Waals surface area contributed by atoms with Gasteiger partial charge in [0.25, 0.3) is 0 Å². The van der Waals surface area contributed by atoms with Gasteiger partial charge in [0.05, 0.1) is 12.6 Å². The smallest absolute Gasteiger partial charge is 0.114 e. The highest BCUT2D eigenvalue weighted by atomic mass is 32.1. The van der Waals surface area contributed by atoms with Gasteiger partial charge in [0, 0.05) is 24.7 Å². The van der Waals surface area contributed by atoms with Crippen molar-refractivity contribution in [1.29, 1.82) is 0 Å². The average molecular weight is 290 g/mol. The second-order valence-corrected chi connectivity index (χ2v) is 6.02. The van der Waals surface area contributed by atoms with E-state index in [1.54, 1.807) is 18.4 Å².